The van der Waals surface area contributed by atoms with Crippen molar-refractivity contribution >= 4 is 34.0 Å². The number of halogens is 3. The van der Waals surface area contributed by atoms with Gasteiger partial charge in [-0.3, -0.25) is 0 Å². The Morgan fingerprint density at radius 2 is 1.92 bits per heavy atom. The van der Waals surface area contributed by atoms with Crippen molar-refractivity contribution < 1.29 is 13.5 Å². The lowest BCUT2D eigenvalue weighted by atomic mass is 10.2. The molecule has 0 aliphatic heterocycles. The monoisotopic (exact) mass is 363 g/mol. The van der Waals surface area contributed by atoms with Crippen LogP contribution in [-0.2, 0) is 5.88 Å². The van der Waals surface area contributed by atoms with Crippen LogP contribution in [0.2, 0.25) is 0 Å². The number of anilines is 2. The molecule has 1 heterocycles. The summed E-state index contributed by atoms with van der Waals surface area (Å²) < 4.78 is 34.2. The van der Waals surface area contributed by atoms with Gasteiger partial charge < -0.3 is 9.64 Å². The van der Waals surface area contributed by atoms with Gasteiger partial charge in [-0.25, -0.2) is 18.7 Å². The third-order valence-electron chi connectivity index (χ3n) is 3.73. The molecule has 7 heteroatoms. The van der Waals surface area contributed by atoms with Gasteiger partial charge in [0, 0.05) is 13.1 Å². The second kappa shape index (κ2) is 7.19. The van der Waals surface area contributed by atoms with Crippen LogP contribution in [0.4, 0.5) is 20.3 Å². The van der Waals surface area contributed by atoms with E-state index >= 15 is 0 Å². The third-order valence-corrected chi connectivity index (χ3v) is 3.97. The van der Waals surface area contributed by atoms with Crippen LogP contribution in [0.25, 0.3) is 10.9 Å². The van der Waals surface area contributed by atoms with E-state index in [2.05, 4.69) is 9.97 Å². The molecule has 0 N–H and O–H groups in total. The predicted molar refractivity (Wildman–Crippen MR) is 94.7 cm³/mol. The number of fused-ring (bicyclic) bond motifs is 1. The number of aromatic nitrogens is 2. The van der Waals surface area contributed by atoms with Gasteiger partial charge in [-0.05, 0) is 31.2 Å². The Kier molecular flexibility index (Phi) is 4.99. The summed E-state index contributed by atoms with van der Waals surface area (Å²) in [6, 6.07) is 9.05. The van der Waals surface area contributed by atoms with Crippen LogP contribution in [0.1, 0.15) is 12.7 Å². The third kappa shape index (κ3) is 3.35. The largest absolute Gasteiger partial charge is 0.494 e. The molecule has 130 valence electrons. The average molecular weight is 364 g/mol. The van der Waals surface area contributed by atoms with Crippen LogP contribution >= 0.6 is 11.6 Å². The number of benzene rings is 2. The molecule has 0 saturated heterocycles. The van der Waals surface area contributed by atoms with Gasteiger partial charge in [-0.1, -0.05) is 6.07 Å². The highest BCUT2D eigenvalue weighted by Gasteiger charge is 2.18. The van der Waals surface area contributed by atoms with Crippen LogP contribution in [0.5, 0.6) is 5.75 Å². The maximum atomic E-state index is 14.5. The fraction of sp³-hybridized carbons (Fsp3) is 0.222. The summed E-state index contributed by atoms with van der Waals surface area (Å²) in [5.41, 5.74) is 0.658. The van der Waals surface area contributed by atoms with Crippen LogP contribution in [0.3, 0.4) is 0 Å². The summed E-state index contributed by atoms with van der Waals surface area (Å²) in [6.45, 7) is 2.26. The molecule has 0 fully saturated rings. The van der Waals surface area contributed by atoms with Crippen molar-refractivity contribution in [3.63, 3.8) is 0 Å². The Morgan fingerprint density at radius 1 is 1.12 bits per heavy atom. The first-order valence-electron chi connectivity index (χ1n) is 7.72. The SMILES string of the molecule is CCOc1ccc(N(C)c2nc(CCl)nc3cccc(F)c23)c(F)c1. The summed E-state index contributed by atoms with van der Waals surface area (Å²) in [5, 5.41) is 0.215. The smallest absolute Gasteiger partial charge is 0.150 e. The van der Waals surface area contributed by atoms with Gasteiger partial charge in [0.2, 0.25) is 0 Å². The second-order valence-corrected chi connectivity index (χ2v) is 5.60. The van der Waals surface area contributed by atoms with E-state index in [0.717, 1.165) is 0 Å². The summed E-state index contributed by atoms with van der Waals surface area (Å²) in [7, 11) is 1.62. The van der Waals surface area contributed by atoms with Gasteiger partial charge in [0.1, 0.15) is 23.2 Å². The average Bonchev–Trinajstić information content (AvgIpc) is 2.61. The minimum absolute atomic E-state index is 0.0685. The number of alkyl halides is 1. The van der Waals surface area contributed by atoms with Crippen molar-refractivity contribution in [3.8, 4) is 5.75 Å². The first kappa shape index (κ1) is 17.4. The van der Waals surface area contributed by atoms with E-state index < -0.39 is 11.6 Å². The molecule has 4 nitrogen and oxygen atoms in total. The van der Waals surface area contributed by atoms with Crippen LogP contribution in [0, 0.1) is 11.6 Å². The lowest BCUT2D eigenvalue weighted by molar-refractivity contribution is 0.338. The molecule has 0 saturated carbocycles. The molecule has 25 heavy (non-hydrogen) atoms. The maximum absolute atomic E-state index is 14.5. The van der Waals surface area contributed by atoms with Crippen molar-refractivity contribution in [1.29, 1.82) is 0 Å². The van der Waals surface area contributed by atoms with Gasteiger partial charge in [-0.15, -0.1) is 11.6 Å². The van der Waals surface area contributed by atoms with E-state index in [1.54, 1.807) is 31.3 Å². The fourth-order valence-electron chi connectivity index (χ4n) is 2.60. The summed E-state index contributed by atoms with van der Waals surface area (Å²) in [5.74, 6) is 0.113. The Labute approximate surface area is 149 Å². The molecule has 0 atom stereocenters. The van der Waals surface area contributed by atoms with Gasteiger partial charge in [0.05, 0.1) is 29.1 Å². The predicted octanol–water partition coefficient (Wildman–Crippen LogP) is 4.81. The molecular formula is C18H16ClF2N3O. The highest BCUT2D eigenvalue weighted by Crippen LogP contribution is 2.33. The lowest BCUT2D eigenvalue weighted by Gasteiger charge is -2.21. The molecule has 0 amide bonds. The molecule has 0 unspecified atom stereocenters. The van der Waals surface area contributed by atoms with E-state index in [1.807, 2.05) is 6.92 Å². The molecule has 0 radical (unpaired) electrons. The molecule has 0 aliphatic rings. The number of hydrogen-bond donors (Lipinski definition) is 0. The minimum atomic E-state index is -0.496. The van der Waals surface area contributed by atoms with Gasteiger partial charge in [0.25, 0.3) is 0 Å². The summed E-state index contributed by atoms with van der Waals surface area (Å²) >= 11 is 5.85. The van der Waals surface area contributed by atoms with Crippen LogP contribution < -0.4 is 9.64 Å². The van der Waals surface area contributed by atoms with Gasteiger partial charge in [-0.2, -0.15) is 0 Å². The molecular weight excluding hydrogens is 348 g/mol. The van der Waals surface area contributed by atoms with E-state index in [4.69, 9.17) is 16.3 Å². The summed E-state index contributed by atoms with van der Waals surface area (Å²) in [4.78, 5) is 10.0. The van der Waals surface area contributed by atoms with Crippen LogP contribution in [0.15, 0.2) is 36.4 Å². The van der Waals surface area contributed by atoms with Gasteiger partial charge in [0.15, 0.2) is 5.82 Å². The Hall–Kier alpha value is -2.47. The number of rotatable bonds is 5. The Balaban J connectivity index is 2.15. The van der Waals surface area contributed by atoms with Crippen molar-refractivity contribution in [2.24, 2.45) is 0 Å². The van der Waals surface area contributed by atoms with E-state index in [9.17, 15) is 8.78 Å². The number of hydrogen-bond acceptors (Lipinski definition) is 4. The normalized spacial score (nSPS) is 10.9. The van der Waals surface area contributed by atoms with E-state index in [1.165, 1.54) is 17.0 Å². The molecule has 3 rings (SSSR count). The Bertz CT molecular complexity index is 920. The topological polar surface area (TPSA) is 38.2 Å². The Morgan fingerprint density at radius 3 is 2.60 bits per heavy atom. The highest BCUT2D eigenvalue weighted by molar-refractivity contribution is 6.16. The summed E-state index contributed by atoms with van der Waals surface area (Å²) in [6.07, 6.45) is 0. The standard InChI is InChI=1S/C18H16ClF2N3O/c1-3-25-11-7-8-15(13(21)9-11)24(2)18-17-12(20)5-4-6-14(17)22-16(10-19)23-18/h4-9H,3,10H2,1-2H3. The number of ether oxygens (including phenoxy) is 1. The minimum Gasteiger partial charge on any atom is -0.494 e. The molecule has 1 aromatic heterocycles. The molecule has 0 aliphatic carbocycles. The molecule has 3 aromatic rings. The quantitative estimate of drug-likeness (QED) is 0.609. The van der Waals surface area contributed by atoms with Crippen molar-refractivity contribution in [1.82, 2.24) is 9.97 Å². The maximum Gasteiger partial charge on any atom is 0.150 e. The van der Waals surface area contributed by atoms with E-state index in [-0.39, 0.29) is 22.8 Å². The van der Waals surface area contributed by atoms with Crippen LogP contribution in [-0.4, -0.2) is 23.6 Å². The lowest BCUT2D eigenvalue weighted by Crippen LogP contribution is -2.15. The number of nitrogens with zero attached hydrogens (tertiary/aromatic N) is 3. The van der Waals surface area contributed by atoms with Crippen molar-refractivity contribution in [2.45, 2.75) is 12.8 Å². The fourth-order valence-corrected chi connectivity index (χ4v) is 2.72. The van der Waals surface area contributed by atoms with Gasteiger partial charge >= 0.3 is 0 Å². The first-order chi connectivity index (χ1) is 12.0. The second-order valence-electron chi connectivity index (χ2n) is 5.34. The molecule has 2 aromatic carbocycles. The zero-order chi connectivity index (χ0) is 18.0. The van der Waals surface area contributed by atoms with Crippen molar-refractivity contribution in [2.75, 3.05) is 18.6 Å². The first-order valence-corrected chi connectivity index (χ1v) is 8.25. The molecule has 0 spiro atoms. The van der Waals surface area contributed by atoms with Crippen molar-refractivity contribution in [3.05, 3.63) is 53.9 Å². The molecule has 0 bridgehead atoms. The zero-order valence-electron chi connectivity index (χ0n) is 13.8. The highest BCUT2D eigenvalue weighted by atomic mass is 35.5. The zero-order valence-corrected chi connectivity index (χ0v) is 14.5. The van der Waals surface area contributed by atoms with E-state index in [0.29, 0.717) is 23.7 Å².